The minimum Gasteiger partial charge on any atom is -0.592 e. The lowest BCUT2D eigenvalue weighted by Gasteiger charge is -2.44. The third-order valence-corrected chi connectivity index (χ3v) is 7.51. The number of para-hydroxylation sites is 1. The van der Waals surface area contributed by atoms with E-state index in [0.29, 0.717) is 34.9 Å². The number of carbonyl (C=O) groups excluding carboxylic acids is 1. The van der Waals surface area contributed by atoms with Gasteiger partial charge in [0.25, 0.3) is 5.91 Å². The Morgan fingerprint density at radius 2 is 2.12 bits per heavy atom. The monoisotopic (exact) mass is 364 g/mol. The number of rotatable bonds is 2. The third kappa shape index (κ3) is 2.55. The molecule has 24 heavy (non-hydrogen) atoms. The first-order valence-electron chi connectivity index (χ1n) is 7.64. The zero-order valence-corrected chi connectivity index (χ0v) is 14.4. The summed E-state index contributed by atoms with van der Waals surface area (Å²) in [5.41, 5.74) is -0.532. The number of nitrogens with one attached hydrogen (secondary N) is 1. The highest BCUT2D eigenvalue weighted by Crippen LogP contribution is 2.36. The minimum absolute atomic E-state index is 0.104. The Morgan fingerprint density at radius 1 is 1.29 bits per heavy atom. The van der Waals surface area contributed by atoms with Crippen LogP contribution < -0.4 is 10.1 Å². The van der Waals surface area contributed by atoms with Crippen LogP contribution in [0.4, 0.5) is 0 Å². The van der Waals surface area contributed by atoms with Crippen LogP contribution in [0.3, 0.4) is 0 Å². The number of sulfonamides is 1. The molecule has 2 aromatic rings. The molecule has 1 amide bonds. The van der Waals surface area contributed by atoms with Crippen molar-refractivity contribution < 1.29 is 18.3 Å². The lowest BCUT2D eigenvalue weighted by Crippen LogP contribution is -2.65. The number of ether oxygens (including phenoxy) is 1. The molecule has 1 aromatic carbocycles. The Bertz CT molecular complexity index is 823. The highest BCUT2D eigenvalue weighted by atomic mass is 32.3. The number of carbonyl (C=O) groups is 1. The molecular formula is C16H16N2O4S2. The highest BCUT2D eigenvalue weighted by Gasteiger charge is 2.48. The summed E-state index contributed by atoms with van der Waals surface area (Å²) in [6.07, 6.45) is 1.19. The van der Waals surface area contributed by atoms with Crippen LogP contribution in [0.25, 0.3) is 0 Å². The minimum atomic E-state index is -3.57. The van der Waals surface area contributed by atoms with Crippen molar-refractivity contribution in [2.75, 3.05) is 13.1 Å². The maximum atomic E-state index is 12.8. The number of hydrogen-bond acceptors (Lipinski definition) is 5. The molecule has 3 heterocycles. The second-order valence-electron chi connectivity index (χ2n) is 5.92. The number of nitrogens with zero attached hydrogens (tertiary/aromatic N) is 1. The van der Waals surface area contributed by atoms with Crippen molar-refractivity contribution >= 4 is 27.6 Å². The number of amides is 1. The number of piperidine rings is 1. The van der Waals surface area contributed by atoms with E-state index in [4.69, 9.17) is 4.74 Å². The summed E-state index contributed by atoms with van der Waals surface area (Å²) < 4.78 is 33.3. The number of fused-ring (bicyclic) bond motifs is 1. The quantitative estimate of drug-likeness (QED) is 0.829. The van der Waals surface area contributed by atoms with Crippen molar-refractivity contribution in [1.82, 2.24) is 9.62 Å². The van der Waals surface area contributed by atoms with Crippen molar-refractivity contribution in [2.45, 2.75) is 22.8 Å². The molecular weight excluding hydrogens is 348 g/mol. The molecule has 126 valence electrons. The van der Waals surface area contributed by atoms with Gasteiger partial charge in [-0.25, -0.2) is 0 Å². The average molecular weight is 364 g/mol. The molecule has 0 saturated carbocycles. The fourth-order valence-corrected chi connectivity index (χ4v) is 5.84. The van der Waals surface area contributed by atoms with E-state index in [1.54, 1.807) is 41.8 Å². The van der Waals surface area contributed by atoms with Gasteiger partial charge in [-0.05, 0) is 30.0 Å². The van der Waals surface area contributed by atoms with Gasteiger partial charge in [-0.3, -0.25) is 4.79 Å². The summed E-state index contributed by atoms with van der Waals surface area (Å²) in [6.45, 7) is 0.524. The fourth-order valence-electron chi connectivity index (χ4n) is 3.17. The van der Waals surface area contributed by atoms with Crippen molar-refractivity contribution in [1.29, 1.82) is 0 Å². The second kappa shape index (κ2) is 5.66. The Balaban J connectivity index is 1.64. The number of thiophene rings is 1. The van der Waals surface area contributed by atoms with E-state index in [2.05, 4.69) is 5.32 Å². The van der Waals surface area contributed by atoms with Crippen LogP contribution >= 0.6 is 11.3 Å². The normalized spacial score (nSPS) is 26.3. The molecule has 8 heteroatoms. The Labute approximate surface area is 144 Å². The SMILES string of the molecule is O=C1NC2(CCCN([S+](=O)([O-])c3cccs3)C2)Oc2ccccc21. The smallest absolute Gasteiger partial charge is 0.258 e. The van der Waals surface area contributed by atoms with E-state index in [9.17, 15) is 13.6 Å². The van der Waals surface area contributed by atoms with E-state index in [0.717, 1.165) is 0 Å². The van der Waals surface area contributed by atoms with Crippen LogP contribution in [0.2, 0.25) is 0 Å². The van der Waals surface area contributed by atoms with Crippen LogP contribution in [0.5, 0.6) is 5.75 Å². The molecule has 1 fully saturated rings. The van der Waals surface area contributed by atoms with Gasteiger partial charge in [0.15, 0.2) is 16.1 Å². The van der Waals surface area contributed by atoms with Gasteiger partial charge in [-0.2, -0.15) is 0 Å². The molecule has 6 nitrogen and oxygen atoms in total. The van der Waals surface area contributed by atoms with Crippen molar-refractivity contribution in [2.24, 2.45) is 0 Å². The standard InChI is InChI=1S/C16H16N2O4S2/c19-15-12-5-1-2-6-13(12)22-16(17-15)8-4-9-18(11-16)24(20,21)14-7-3-10-23-14/h1-3,5-7,10H,4,8-9,11H2,(H-,17,19,20,21). The van der Waals surface area contributed by atoms with Crippen molar-refractivity contribution in [3.05, 3.63) is 47.3 Å². The largest absolute Gasteiger partial charge is 0.592 e. The molecule has 2 unspecified atom stereocenters. The van der Waals surface area contributed by atoms with Crippen LogP contribution in [-0.2, 0) is 14.6 Å². The molecule has 0 radical (unpaired) electrons. The predicted octanol–water partition coefficient (Wildman–Crippen LogP) is 2.27. The molecule has 2 atom stereocenters. The lowest BCUT2D eigenvalue weighted by molar-refractivity contribution is -0.0193. The van der Waals surface area contributed by atoms with Crippen LogP contribution in [0.15, 0.2) is 46.0 Å². The summed E-state index contributed by atoms with van der Waals surface area (Å²) in [7, 11) is -3.57. The Hall–Kier alpha value is -1.74. The van der Waals surface area contributed by atoms with Crippen LogP contribution in [0, 0.1) is 0 Å². The molecule has 0 aliphatic carbocycles. The van der Waals surface area contributed by atoms with Gasteiger partial charge >= 0.3 is 0 Å². The van der Waals surface area contributed by atoms with E-state index < -0.39 is 16.1 Å². The summed E-state index contributed by atoms with van der Waals surface area (Å²) >= 11 is 1.19. The Kier molecular flexibility index (Phi) is 3.72. The number of hydrogen-bond donors (Lipinski definition) is 1. The molecule has 1 aromatic heterocycles. The lowest BCUT2D eigenvalue weighted by atomic mass is 9.99. The van der Waals surface area contributed by atoms with Gasteiger partial charge in [-0.15, -0.1) is 4.31 Å². The number of benzene rings is 1. The summed E-state index contributed by atoms with van der Waals surface area (Å²) in [5.74, 6) is 0.267. The molecule has 1 N–H and O–H groups in total. The third-order valence-electron chi connectivity index (χ3n) is 4.29. The molecule has 1 spiro atoms. The maximum Gasteiger partial charge on any atom is 0.258 e. The maximum absolute atomic E-state index is 12.8. The van der Waals surface area contributed by atoms with Gasteiger partial charge in [0.1, 0.15) is 12.3 Å². The summed E-state index contributed by atoms with van der Waals surface area (Å²) in [5, 5.41) is 4.61. The zero-order chi connectivity index (χ0) is 16.8. The van der Waals surface area contributed by atoms with Gasteiger partial charge in [0, 0.05) is 19.0 Å². The fraction of sp³-hybridized carbons (Fsp3) is 0.312. The van der Waals surface area contributed by atoms with Gasteiger partial charge in [0.05, 0.1) is 5.56 Å². The van der Waals surface area contributed by atoms with Gasteiger partial charge in [-0.1, -0.05) is 27.7 Å². The first-order chi connectivity index (χ1) is 11.5. The van der Waals surface area contributed by atoms with E-state index in [1.807, 2.05) is 0 Å². The molecule has 1 saturated heterocycles. The second-order valence-corrected chi connectivity index (χ2v) is 9.03. The first kappa shape index (κ1) is 15.8. The van der Waals surface area contributed by atoms with E-state index in [1.165, 1.54) is 15.6 Å². The van der Waals surface area contributed by atoms with Crippen molar-refractivity contribution in [3.63, 3.8) is 0 Å². The summed E-state index contributed by atoms with van der Waals surface area (Å²) in [4.78, 5) is 12.4. The van der Waals surface area contributed by atoms with Gasteiger partial charge in [0.2, 0.25) is 4.21 Å². The van der Waals surface area contributed by atoms with E-state index in [-0.39, 0.29) is 12.5 Å². The topological polar surface area (TPSA) is 81.7 Å². The Morgan fingerprint density at radius 3 is 2.92 bits per heavy atom. The van der Waals surface area contributed by atoms with Gasteiger partial charge < -0.3 is 14.6 Å². The highest BCUT2D eigenvalue weighted by molar-refractivity contribution is 7.97. The average Bonchev–Trinajstić information content (AvgIpc) is 3.10. The van der Waals surface area contributed by atoms with Crippen molar-refractivity contribution in [3.8, 4) is 5.75 Å². The molecule has 0 bridgehead atoms. The molecule has 4 rings (SSSR count). The predicted molar refractivity (Wildman–Crippen MR) is 89.5 cm³/mol. The zero-order valence-electron chi connectivity index (χ0n) is 12.8. The van der Waals surface area contributed by atoms with E-state index >= 15 is 0 Å². The van der Waals surface area contributed by atoms with Crippen LogP contribution in [-0.4, -0.2) is 33.6 Å². The molecule has 2 aliphatic heterocycles. The molecule has 2 aliphatic rings. The first-order valence-corrected chi connectivity index (χ1v) is 9.96. The summed E-state index contributed by atoms with van der Waals surface area (Å²) in [6, 6.07) is 10.3. The van der Waals surface area contributed by atoms with Crippen LogP contribution in [0.1, 0.15) is 23.2 Å².